The van der Waals surface area contributed by atoms with Crippen LogP contribution in [0.5, 0.6) is 0 Å². The lowest BCUT2D eigenvalue weighted by atomic mass is 10.2. The van der Waals surface area contributed by atoms with Crippen LogP contribution in [-0.2, 0) is 11.3 Å². The van der Waals surface area contributed by atoms with Gasteiger partial charge in [-0.2, -0.15) is 0 Å². The summed E-state index contributed by atoms with van der Waals surface area (Å²) in [5, 5.41) is 7.29. The minimum atomic E-state index is -0.0359. The minimum absolute atomic E-state index is 0.0359. The number of nitrogens with zero attached hydrogens (tertiary/aromatic N) is 5. The van der Waals surface area contributed by atoms with E-state index in [0.717, 1.165) is 23.8 Å². The molecule has 134 valence electrons. The Morgan fingerprint density at radius 2 is 2.15 bits per heavy atom. The second-order valence-corrected chi connectivity index (χ2v) is 6.13. The predicted octanol–water partition coefficient (Wildman–Crippen LogP) is 2.49. The third-order valence-corrected chi connectivity index (χ3v) is 4.17. The fraction of sp³-hybridized carbons (Fsp3) is 0.333. The number of rotatable bonds is 5. The minimum Gasteiger partial charge on any atom is -0.378 e. The molecular weight excluding hydrogens is 332 g/mol. The summed E-state index contributed by atoms with van der Waals surface area (Å²) >= 11 is 0. The number of aryl methyl sites for hydroxylation is 1. The summed E-state index contributed by atoms with van der Waals surface area (Å²) in [6, 6.07) is 9.43. The van der Waals surface area contributed by atoms with Gasteiger partial charge in [-0.05, 0) is 25.1 Å². The zero-order chi connectivity index (χ0) is 17.8. The van der Waals surface area contributed by atoms with Crippen LogP contribution in [0.15, 0.2) is 47.2 Å². The Kier molecular flexibility index (Phi) is 4.85. The molecule has 0 amide bonds. The molecule has 3 aromatic heterocycles. The first-order valence-electron chi connectivity index (χ1n) is 8.53. The summed E-state index contributed by atoms with van der Waals surface area (Å²) in [6.45, 7) is 4.58. The van der Waals surface area contributed by atoms with E-state index >= 15 is 0 Å². The number of hydrogen-bond acceptors (Lipinski definition) is 8. The summed E-state index contributed by atoms with van der Waals surface area (Å²) < 4.78 is 10.8. The van der Waals surface area contributed by atoms with Crippen LogP contribution in [0.2, 0.25) is 0 Å². The Morgan fingerprint density at radius 3 is 2.96 bits per heavy atom. The Hall–Kier alpha value is -2.84. The van der Waals surface area contributed by atoms with Gasteiger partial charge in [-0.1, -0.05) is 11.2 Å². The molecule has 1 unspecified atom stereocenters. The fourth-order valence-electron chi connectivity index (χ4n) is 2.94. The SMILES string of the molecule is Cc1cc(CN2CCOCC2c2nccc(Nc3ccccn3)n2)no1. The third kappa shape index (κ3) is 3.87. The fourth-order valence-corrected chi connectivity index (χ4v) is 2.94. The zero-order valence-electron chi connectivity index (χ0n) is 14.5. The summed E-state index contributed by atoms with van der Waals surface area (Å²) in [6.07, 6.45) is 3.49. The molecule has 1 N–H and O–H groups in total. The van der Waals surface area contributed by atoms with E-state index in [2.05, 4.69) is 30.3 Å². The molecule has 0 bridgehead atoms. The van der Waals surface area contributed by atoms with Gasteiger partial charge in [0.2, 0.25) is 0 Å². The maximum absolute atomic E-state index is 5.67. The highest BCUT2D eigenvalue weighted by molar-refractivity contribution is 5.50. The van der Waals surface area contributed by atoms with Crippen molar-refractivity contribution in [3.63, 3.8) is 0 Å². The van der Waals surface area contributed by atoms with Gasteiger partial charge in [0.25, 0.3) is 0 Å². The Balaban J connectivity index is 1.53. The molecule has 4 heterocycles. The lowest BCUT2D eigenvalue weighted by molar-refractivity contribution is -0.0167. The van der Waals surface area contributed by atoms with E-state index in [-0.39, 0.29) is 6.04 Å². The van der Waals surface area contributed by atoms with Gasteiger partial charge in [0, 0.05) is 31.5 Å². The van der Waals surface area contributed by atoms with Crippen LogP contribution in [-0.4, -0.2) is 44.8 Å². The predicted molar refractivity (Wildman–Crippen MR) is 94.8 cm³/mol. The Bertz CT molecular complexity index is 854. The molecule has 1 atom stereocenters. The molecule has 1 saturated heterocycles. The maximum Gasteiger partial charge on any atom is 0.150 e. The summed E-state index contributed by atoms with van der Waals surface area (Å²) in [4.78, 5) is 15.7. The van der Waals surface area contributed by atoms with Crippen molar-refractivity contribution in [2.45, 2.75) is 19.5 Å². The van der Waals surface area contributed by atoms with E-state index < -0.39 is 0 Å². The second-order valence-electron chi connectivity index (χ2n) is 6.13. The average molecular weight is 352 g/mol. The first-order chi connectivity index (χ1) is 12.8. The maximum atomic E-state index is 5.67. The van der Waals surface area contributed by atoms with Crippen molar-refractivity contribution in [3.8, 4) is 0 Å². The third-order valence-electron chi connectivity index (χ3n) is 4.17. The lowest BCUT2D eigenvalue weighted by Crippen LogP contribution is -2.40. The highest BCUT2D eigenvalue weighted by Gasteiger charge is 2.28. The molecule has 1 fully saturated rings. The van der Waals surface area contributed by atoms with Crippen molar-refractivity contribution < 1.29 is 9.26 Å². The second kappa shape index (κ2) is 7.59. The molecule has 4 rings (SSSR count). The van der Waals surface area contributed by atoms with Gasteiger partial charge in [0.15, 0.2) is 0 Å². The number of hydrogen-bond donors (Lipinski definition) is 1. The Labute approximate surface area is 151 Å². The molecule has 8 nitrogen and oxygen atoms in total. The van der Waals surface area contributed by atoms with Crippen LogP contribution in [0.4, 0.5) is 11.6 Å². The molecule has 0 radical (unpaired) electrons. The molecule has 8 heteroatoms. The normalized spacial score (nSPS) is 18.0. The van der Waals surface area contributed by atoms with Gasteiger partial charge < -0.3 is 14.6 Å². The van der Waals surface area contributed by atoms with Gasteiger partial charge in [-0.25, -0.2) is 15.0 Å². The standard InChI is InChI=1S/C18H20N6O2/c1-13-10-14(23-26-13)11-24-8-9-25-12-15(24)18-20-7-5-17(22-18)21-16-4-2-3-6-19-16/h2-7,10,15H,8-9,11-12H2,1H3,(H,19,20,21,22). The highest BCUT2D eigenvalue weighted by Crippen LogP contribution is 2.24. The van der Waals surface area contributed by atoms with E-state index in [1.165, 1.54) is 0 Å². The van der Waals surface area contributed by atoms with Gasteiger partial charge in [0.1, 0.15) is 23.2 Å². The molecule has 0 aliphatic carbocycles. The van der Waals surface area contributed by atoms with Crippen LogP contribution < -0.4 is 5.32 Å². The summed E-state index contributed by atoms with van der Waals surface area (Å²) in [7, 11) is 0. The van der Waals surface area contributed by atoms with E-state index in [0.29, 0.717) is 31.4 Å². The van der Waals surface area contributed by atoms with Crippen LogP contribution in [0.3, 0.4) is 0 Å². The number of morpholine rings is 1. The van der Waals surface area contributed by atoms with Gasteiger partial charge in [-0.3, -0.25) is 4.90 Å². The largest absolute Gasteiger partial charge is 0.378 e. The Morgan fingerprint density at radius 1 is 1.19 bits per heavy atom. The first-order valence-corrected chi connectivity index (χ1v) is 8.53. The smallest absolute Gasteiger partial charge is 0.150 e. The van der Waals surface area contributed by atoms with Crippen molar-refractivity contribution in [1.29, 1.82) is 0 Å². The summed E-state index contributed by atoms with van der Waals surface area (Å²) in [5.41, 5.74) is 0.900. The first kappa shape index (κ1) is 16.6. The van der Waals surface area contributed by atoms with Crippen molar-refractivity contribution >= 4 is 11.6 Å². The van der Waals surface area contributed by atoms with E-state index in [9.17, 15) is 0 Å². The number of anilines is 2. The van der Waals surface area contributed by atoms with Gasteiger partial charge in [0.05, 0.1) is 24.9 Å². The quantitative estimate of drug-likeness (QED) is 0.749. The van der Waals surface area contributed by atoms with E-state index in [4.69, 9.17) is 9.26 Å². The van der Waals surface area contributed by atoms with Crippen LogP contribution >= 0.6 is 0 Å². The lowest BCUT2D eigenvalue weighted by Gasteiger charge is -2.33. The highest BCUT2D eigenvalue weighted by atomic mass is 16.5. The number of ether oxygens (including phenoxy) is 1. The molecule has 1 aliphatic rings. The summed E-state index contributed by atoms with van der Waals surface area (Å²) in [5.74, 6) is 2.97. The average Bonchev–Trinajstić information content (AvgIpc) is 3.08. The molecule has 3 aromatic rings. The topological polar surface area (TPSA) is 89.2 Å². The number of pyridine rings is 1. The van der Waals surface area contributed by atoms with Crippen molar-refractivity contribution in [2.24, 2.45) is 0 Å². The molecule has 0 spiro atoms. The van der Waals surface area contributed by atoms with Gasteiger partial charge in [-0.15, -0.1) is 0 Å². The molecule has 0 saturated carbocycles. The van der Waals surface area contributed by atoms with Crippen LogP contribution in [0.25, 0.3) is 0 Å². The number of aromatic nitrogens is 4. The van der Waals surface area contributed by atoms with Crippen molar-refractivity contribution in [3.05, 3.63) is 60.0 Å². The van der Waals surface area contributed by atoms with Crippen molar-refractivity contribution in [1.82, 2.24) is 25.0 Å². The van der Waals surface area contributed by atoms with Crippen LogP contribution in [0.1, 0.15) is 23.3 Å². The number of nitrogens with one attached hydrogen (secondary N) is 1. The molecule has 26 heavy (non-hydrogen) atoms. The zero-order valence-corrected chi connectivity index (χ0v) is 14.5. The van der Waals surface area contributed by atoms with Crippen LogP contribution in [0, 0.1) is 6.92 Å². The molecule has 1 aliphatic heterocycles. The van der Waals surface area contributed by atoms with Crippen molar-refractivity contribution in [2.75, 3.05) is 25.1 Å². The molecular formula is C18H20N6O2. The van der Waals surface area contributed by atoms with Gasteiger partial charge >= 0.3 is 0 Å². The molecule has 0 aromatic carbocycles. The van der Waals surface area contributed by atoms with E-state index in [1.54, 1.807) is 12.4 Å². The monoisotopic (exact) mass is 352 g/mol. The van der Waals surface area contributed by atoms with E-state index in [1.807, 2.05) is 37.3 Å².